The molecule has 1 aliphatic carbocycles. The Labute approximate surface area is 119 Å². The van der Waals surface area contributed by atoms with E-state index in [2.05, 4.69) is 28.2 Å². The number of ether oxygens (including phenoxy) is 1. The number of hydrogen-bond donors (Lipinski definition) is 1. The Bertz CT molecular complexity index is 267. The van der Waals surface area contributed by atoms with Gasteiger partial charge in [-0.05, 0) is 58.3 Å². The molecule has 1 unspecified atom stereocenters. The van der Waals surface area contributed by atoms with Crippen LogP contribution < -0.4 is 5.32 Å². The van der Waals surface area contributed by atoms with Crippen molar-refractivity contribution in [3.8, 4) is 0 Å². The van der Waals surface area contributed by atoms with E-state index in [4.69, 9.17) is 4.74 Å². The molecular weight excluding hydrogens is 294 g/mol. The number of nitrogens with one attached hydrogen (secondary N) is 1. The van der Waals surface area contributed by atoms with Crippen molar-refractivity contribution in [2.75, 3.05) is 5.33 Å². The van der Waals surface area contributed by atoms with Crippen molar-refractivity contribution >= 4 is 22.0 Å². The normalized spacial score (nSPS) is 26.5. The second-order valence-electron chi connectivity index (χ2n) is 6.39. The summed E-state index contributed by atoms with van der Waals surface area (Å²) in [5, 5.41) is 4.05. The second kappa shape index (κ2) is 6.78. The molecule has 0 spiro atoms. The number of rotatable bonds is 3. The van der Waals surface area contributed by atoms with Gasteiger partial charge in [0.15, 0.2) is 0 Å². The van der Waals surface area contributed by atoms with E-state index in [0.717, 1.165) is 30.0 Å². The van der Waals surface area contributed by atoms with Crippen LogP contribution in [0.15, 0.2) is 0 Å². The van der Waals surface area contributed by atoms with Gasteiger partial charge in [-0.1, -0.05) is 22.9 Å². The lowest BCUT2D eigenvalue weighted by molar-refractivity contribution is 0.0484. The van der Waals surface area contributed by atoms with Crippen LogP contribution in [-0.2, 0) is 4.74 Å². The summed E-state index contributed by atoms with van der Waals surface area (Å²) in [6, 6.07) is 0.290. The molecule has 0 aromatic heterocycles. The van der Waals surface area contributed by atoms with Gasteiger partial charge in [0.05, 0.1) is 0 Å². The smallest absolute Gasteiger partial charge is 0.407 e. The van der Waals surface area contributed by atoms with Gasteiger partial charge in [0.2, 0.25) is 0 Å². The maximum atomic E-state index is 11.7. The van der Waals surface area contributed by atoms with Gasteiger partial charge in [0, 0.05) is 11.4 Å². The van der Waals surface area contributed by atoms with Crippen LogP contribution in [0.1, 0.15) is 53.4 Å². The zero-order valence-corrected chi connectivity index (χ0v) is 13.5. The van der Waals surface area contributed by atoms with E-state index in [0.29, 0.717) is 6.04 Å². The van der Waals surface area contributed by atoms with E-state index in [1.807, 2.05) is 20.8 Å². The highest BCUT2D eigenvalue weighted by Crippen LogP contribution is 2.31. The number of hydrogen-bond acceptors (Lipinski definition) is 2. The van der Waals surface area contributed by atoms with E-state index in [1.165, 1.54) is 12.8 Å². The SMILES string of the molecule is CC(CBr)C1CCC(NC(=O)OC(C)(C)C)CC1. The number of alkyl halides is 1. The number of carbonyl (C=O) groups is 1. The van der Waals surface area contributed by atoms with E-state index < -0.39 is 5.60 Å². The van der Waals surface area contributed by atoms with Gasteiger partial charge in [-0.25, -0.2) is 4.79 Å². The fourth-order valence-electron chi connectivity index (χ4n) is 2.43. The molecule has 0 heterocycles. The lowest BCUT2D eigenvalue weighted by Gasteiger charge is -2.32. The quantitative estimate of drug-likeness (QED) is 0.795. The summed E-state index contributed by atoms with van der Waals surface area (Å²) in [6.45, 7) is 7.96. The first-order chi connectivity index (χ1) is 8.31. The van der Waals surface area contributed by atoms with Gasteiger partial charge in [0.25, 0.3) is 0 Å². The Balaban J connectivity index is 2.29. The number of amides is 1. The van der Waals surface area contributed by atoms with Crippen LogP contribution in [-0.4, -0.2) is 23.1 Å². The molecule has 0 aromatic carbocycles. The van der Waals surface area contributed by atoms with Crippen LogP contribution in [0, 0.1) is 11.8 Å². The predicted octanol–water partition coefficient (Wildman–Crippen LogP) is 4.10. The first-order valence-electron chi connectivity index (χ1n) is 6.87. The molecule has 0 aliphatic heterocycles. The highest BCUT2D eigenvalue weighted by Gasteiger charge is 2.26. The molecular formula is C14H26BrNO2. The van der Waals surface area contributed by atoms with Crippen LogP contribution in [0.4, 0.5) is 4.79 Å². The van der Waals surface area contributed by atoms with E-state index >= 15 is 0 Å². The summed E-state index contributed by atoms with van der Waals surface area (Å²) in [4.78, 5) is 11.7. The van der Waals surface area contributed by atoms with Gasteiger partial charge in [-0.3, -0.25) is 0 Å². The first kappa shape index (κ1) is 15.8. The highest BCUT2D eigenvalue weighted by molar-refractivity contribution is 9.09. The average molecular weight is 320 g/mol. The molecule has 1 rings (SSSR count). The summed E-state index contributed by atoms with van der Waals surface area (Å²) in [6.07, 6.45) is 4.27. The molecule has 0 saturated heterocycles. The lowest BCUT2D eigenvalue weighted by atomic mass is 9.80. The van der Waals surface area contributed by atoms with Crippen molar-refractivity contribution < 1.29 is 9.53 Å². The van der Waals surface area contributed by atoms with Crippen LogP contribution in [0.3, 0.4) is 0 Å². The summed E-state index contributed by atoms with van der Waals surface area (Å²) >= 11 is 3.55. The molecule has 0 aromatic rings. The molecule has 18 heavy (non-hydrogen) atoms. The predicted molar refractivity (Wildman–Crippen MR) is 78.1 cm³/mol. The first-order valence-corrected chi connectivity index (χ1v) is 7.99. The minimum absolute atomic E-state index is 0.278. The fraction of sp³-hybridized carbons (Fsp3) is 0.929. The number of carbonyl (C=O) groups excluding carboxylic acids is 1. The molecule has 0 radical (unpaired) electrons. The molecule has 1 amide bonds. The van der Waals surface area contributed by atoms with Gasteiger partial charge >= 0.3 is 6.09 Å². The van der Waals surface area contributed by atoms with E-state index in [-0.39, 0.29) is 6.09 Å². The molecule has 1 aliphatic rings. The molecule has 4 heteroatoms. The minimum atomic E-state index is -0.411. The summed E-state index contributed by atoms with van der Waals surface area (Å²) in [5.74, 6) is 1.52. The van der Waals surface area contributed by atoms with Gasteiger partial charge in [-0.15, -0.1) is 0 Å². The van der Waals surface area contributed by atoms with Crippen LogP contribution in [0.5, 0.6) is 0 Å². The van der Waals surface area contributed by atoms with E-state index in [9.17, 15) is 4.79 Å². The maximum Gasteiger partial charge on any atom is 0.407 e. The minimum Gasteiger partial charge on any atom is -0.444 e. The summed E-state index contributed by atoms with van der Waals surface area (Å²) < 4.78 is 5.28. The Hall–Kier alpha value is -0.250. The molecule has 106 valence electrons. The summed E-state index contributed by atoms with van der Waals surface area (Å²) in [7, 11) is 0. The highest BCUT2D eigenvalue weighted by atomic mass is 79.9. The monoisotopic (exact) mass is 319 g/mol. The zero-order valence-electron chi connectivity index (χ0n) is 12.0. The topological polar surface area (TPSA) is 38.3 Å². The molecule has 0 bridgehead atoms. The Morgan fingerprint density at radius 3 is 2.33 bits per heavy atom. The van der Waals surface area contributed by atoms with Crippen LogP contribution in [0.2, 0.25) is 0 Å². The number of halogens is 1. The van der Waals surface area contributed by atoms with Crippen LogP contribution >= 0.6 is 15.9 Å². The third kappa shape index (κ3) is 5.59. The van der Waals surface area contributed by atoms with Gasteiger partial charge in [-0.2, -0.15) is 0 Å². The molecule has 1 saturated carbocycles. The lowest BCUT2D eigenvalue weighted by Crippen LogP contribution is -2.41. The molecule has 1 atom stereocenters. The number of alkyl carbamates (subject to hydrolysis) is 1. The molecule has 1 fully saturated rings. The van der Waals surface area contributed by atoms with E-state index in [1.54, 1.807) is 0 Å². The summed E-state index contributed by atoms with van der Waals surface area (Å²) in [5.41, 5.74) is -0.411. The van der Waals surface area contributed by atoms with Crippen molar-refractivity contribution in [1.82, 2.24) is 5.32 Å². The van der Waals surface area contributed by atoms with Gasteiger partial charge < -0.3 is 10.1 Å². The van der Waals surface area contributed by atoms with Crippen molar-refractivity contribution in [2.24, 2.45) is 11.8 Å². The zero-order chi connectivity index (χ0) is 13.8. The second-order valence-corrected chi connectivity index (χ2v) is 7.04. The average Bonchev–Trinajstić information content (AvgIpc) is 2.26. The van der Waals surface area contributed by atoms with Crippen molar-refractivity contribution in [2.45, 2.75) is 65.0 Å². The standard InChI is InChI=1S/C14H26BrNO2/c1-10(9-15)11-5-7-12(8-6-11)16-13(17)18-14(2,3)4/h10-12H,5-9H2,1-4H3,(H,16,17). The Morgan fingerprint density at radius 1 is 1.33 bits per heavy atom. The largest absolute Gasteiger partial charge is 0.444 e. The third-order valence-electron chi connectivity index (χ3n) is 3.54. The Morgan fingerprint density at radius 2 is 1.89 bits per heavy atom. The Kier molecular flexibility index (Phi) is 5.96. The van der Waals surface area contributed by atoms with Crippen LogP contribution in [0.25, 0.3) is 0 Å². The maximum absolute atomic E-state index is 11.7. The molecule has 1 N–H and O–H groups in total. The van der Waals surface area contributed by atoms with Gasteiger partial charge in [0.1, 0.15) is 5.60 Å². The van der Waals surface area contributed by atoms with Crippen molar-refractivity contribution in [3.63, 3.8) is 0 Å². The van der Waals surface area contributed by atoms with Crippen molar-refractivity contribution in [1.29, 1.82) is 0 Å². The molecule has 3 nitrogen and oxygen atoms in total. The third-order valence-corrected chi connectivity index (χ3v) is 4.56. The van der Waals surface area contributed by atoms with Crippen molar-refractivity contribution in [3.05, 3.63) is 0 Å². The fourth-order valence-corrected chi connectivity index (χ4v) is 2.96.